The Bertz CT molecular complexity index is 454. The molecule has 15 heavy (non-hydrogen) atoms. The molecule has 1 rings (SSSR count). The first-order valence-electron chi connectivity index (χ1n) is 4.48. The summed E-state index contributed by atoms with van der Waals surface area (Å²) in [5, 5.41) is 8.49. The fraction of sp³-hybridized carbons (Fsp3) is 0.273. The zero-order valence-electron chi connectivity index (χ0n) is 8.56. The van der Waals surface area contributed by atoms with Crippen LogP contribution >= 0.6 is 0 Å². The summed E-state index contributed by atoms with van der Waals surface area (Å²) in [5.74, 6) is 0.246. The monoisotopic (exact) mass is 204 g/mol. The molecule has 0 saturated heterocycles. The summed E-state index contributed by atoms with van der Waals surface area (Å²) < 4.78 is 6.54. The molecule has 0 saturated carbocycles. The number of pyridine rings is 1. The van der Waals surface area contributed by atoms with Gasteiger partial charge in [0.25, 0.3) is 5.56 Å². The van der Waals surface area contributed by atoms with Crippen molar-refractivity contribution in [1.82, 2.24) is 4.57 Å². The van der Waals surface area contributed by atoms with Crippen LogP contribution < -0.4 is 10.3 Å². The highest BCUT2D eigenvalue weighted by atomic mass is 16.5. The molecule has 78 valence electrons. The second kappa shape index (κ2) is 5.01. The zero-order chi connectivity index (χ0) is 11.3. The highest BCUT2D eigenvalue weighted by molar-refractivity contribution is 5.18. The van der Waals surface area contributed by atoms with Crippen LogP contribution in [0.1, 0.15) is 6.92 Å². The molecule has 1 aromatic heterocycles. The van der Waals surface area contributed by atoms with Crippen molar-refractivity contribution >= 4 is 0 Å². The second-order valence-electron chi connectivity index (χ2n) is 3.21. The molecule has 0 bridgehead atoms. The van der Waals surface area contributed by atoms with Gasteiger partial charge in [0.15, 0.2) is 5.75 Å². The Morgan fingerprint density at radius 2 is 2.47 bits per heavy atom. The summed E-state index contributed by atoms with van der Waals surface area (Å²) in [6.07, 6.45) is 1.55. The normalized spacial score (nSPS) is 9.33. The number of ether oxygens (including phenoxy) is 1. The summed E-state index contributed by atoms with van der Waals surface area (Å²) >= 11 is 0. The Hall–Kier alpha value is -2.02. The molecule has 0 N–H and O–H groups in total. The van der Waals surface area contributed by atoms with Gasteiger partial charge in [-0.2, -0.15) is 5.26 Å². The van der Waals surface area contributed by atoms with Crippen molar-refractivity contribution in [3.63, 3.8) is 0 Å². The summed E-state index contributed by atoms with van der Waals surface area (Å²) in [6.45, 7) is 5.83. The largest absolute Gasteiger partial charge is 0.484 e. The van der Waals surface area contributed by atoms with Gasteiger partial charge in [-0.1, -0.05) is 6.58 Å². The minimum absolute atomic E-state index is 0.0309. The number of nitrogens with zero attached hydrogens (tertiary/aromatic N) is 2. The van der Waals surface area contributed by atoms with Crippen LogP contribution in [0.5, 0.6) is 5.75 Å². The first kappa shape index (κ1) is 11.1. The van der Waals surface area contributed by atoms with E-state index < -0.39 is 0 Å². The maximum atomic E-state index is 11.6. The van der Waals surface area contributed by atoms with Gasteiger partial charge in [0.1, 0.15) is 13.2 Å². The van der Waals surface area contributed by atoms with Crippen molar-refractivity contribution < 1.29 is 4.74 Å². The van der Waals surface area contributed by atoms with Crippen molar-refractivity contribution in [2.24, 2.45) is 0 Å². The van der Waals surface area contributed by atoms with E-state index in [2.05, 4.69) is 6.58 Å². The molecule has 0 aliphatic heterocycles. The van der Waals surface area contributed by atoms with Gasteiger partial charge in [0.05, 0.1) is 6.07 Å². The molecule has 1 aromatic rings. The molecule has 0 atom stereocenters. The molecule has 0 fully saturated rings. The van der Waals surface area contributed by atoms with Gasteiger partial charge in [-0.25, -0.2) is 0 Å². The number of hydrogen-bond donors (Lipinski definition) is 0. The number of rotatable bonds is 4. The van der Waals surface area contributed by atoms with Crippen LogP contribution in [0.4, 0.5) is 0 Å². The van der Waals surface area contributed by atoms with Gasteiger partial charge in [0, 0.05) is 6.20 Å². The van der Waals surface area contributed by atoms with Crippen LogP contribution in [0, 0.1) is 11.3 Å². The molecular weight excluding hydrogens is 192 g/mol. The fourth-order valence-corrected chi connectivity index (χ4v) is 1.03. The summed E-state index contributed by atoms with van der Waals surface area (Å²) in [7, 11) is 0. The van der Waals surface area contributed by atoms with Gasteiger partial charge in [-0.15, -0.1) is 0 Å². The van der Waals surface area contributed by atoms with E-state index in [0.29, 0.717) is 6.61 Å². The van der Waals surface area contributed by atoms with Gasteiger partial charge in [-0.05, 0) is 24.6 Å². The van der Waals surface area contributed by atoms with E-state index in [9.17, 15) is 4.79 Å². The molecule has 0 amide bonds. The number of hydrogen-bond acceptors (Lipinski definition) is 3. The lowest BCUT2D eigenvalue weighted by Gasteiger charge is -2.06. The van der Waals surface area contributed by atoms with Gasteiger partial charge in [0.2, 0.25) is 0 Å². The Morgan fingerprint density at radius 1 is 1.73 bits per heavy atom. The van der Waals surface area contributed by atoms with Crippen LogP contribution in [0.25, 0.3) is 0 Å². The van der Waals surface area contributed by atoms with Crippen LogP contribution in [0.15, 0.2) is 35.3 Å². The van der Waals surface area contributed by atoms with Crippen molar-refractivity contribution in [3.05, 3.63) is 40.8 Å². The highest BCUT2D eigenvalue weighted by Crippen LogP contribution is 2.03. The van der Waals surface area contributed by atoms with Gasteiger partial charge >= 0.3 is 0 Å². The summed E-state index contributed by atoms with van der Waals surface area (Å²) in [5.41, 5.74) is 0.547. The Balaban J connectivity index is 2.90. The molecule has 0 aliphatic carbocycles. The Labute approximate surface area is 88.0 Å². The molecule has 0 unspecified atom stereocenters. The summed E-state index contributed by atoms with van der Waals surface area (Å²) in [6, 6.07) is 5.16. The van der Waals surface area contributed by atoms with E-state index in [0.717, 1.165) is 5.57 Å². The lowest BCUT2D eigenvalue weighted by Crippen LogP contribution is -2.21. The van der Waals surface area contributed by atoms with Crippen LogP contribution in [-0.2, 0) is 6.54 Å². The Morgan fingerprint density at radius 3 is 3.07 bits per heavy atom. The predicted molar refractivity (Wildman–Crippen MR) is 56.6 cm³/mol. The third-order valence-corrected chi connectivity index (χ3v) is 1.70. The molecule has 4 nitrogen and oxygen atoms in total. The minimum atomic E-state index is -0.291. The van der Waals surface area contributed by atoms with E-state index in [4.69, 9.17) is 10.00 Å². The van der Waals surface area contributed by atoms with Gasteiger partial charge in [-0.3, -0.25) is 9.36 Å². The van der Waals surface area contributed by atoms with Crippen LogP contribution in [0.3, 0.4) is 0 Å². The topological polar surface area (TPSA) is 55.0 Å². The first-order valence-corrected chi connectivity index (χ1v) is 4.48. The van der Waals surface area contributed by atoms with E-state index in [1.54, 1.807) is 18.3 Å². The molecule has 0 radical (unpaired) electrons. The average molecular weight is 204 g/mol. The maximum Gasteiger partial charge on any atom is 0.293 e. The second-order valence-corrected chi connectivity index (χ2v) is 3.21. The third kappa shape index (κ3) is 2.99. The van der Waals surface area contributed by atoms with E-state index in [1.807, 2.05) is 13.0 Å². The molecule has 0 aromatic carbocycles. The zero-order valence-corrected chi connectivity index (χ0v) is 8.56. The van der Waals surface area contributed by atoms with Crippen molar-refractivity contribution in [2.45, 2.75) is 13.5 Å². The standard InChI is InChI=1S/C11H12N2O2/c1-9(2)8-15-10-4-3-6-13(7-5-12)11(10)14/h3-4,6H,1,7-8H2,2H3. The third-order valence-electron chi connectivity index (χ3n) is 1.70. The quantitative estimate of drug-likeness (QED) is 0.695. The number of nitriles is 1. The minimum Gasteiger partial charge on any atom is -0.484 e. The fourth-order valence-electron chi connectivity index (χ4n) is 1.03. The molecule has 4 heteroatoms. The average Bonchev–Trinajstić information content (AvgIpc) is 2.19. The van der Waals surface area contributed by atoms with Crippen molar-refractivity contribution in [3.8, 4) is 11.8 Å². The van der Waals surface area contributed by atoms with Crippen LogP contribution in [0.2, 0.25) is 0 Å². The first-order chi connectivity index (χ1) is 7.15. The van der Waals surface area contributed by atoms with E-state index in [-0.39, 0.29) is 17.9 Å². The summed E-state index contributed by atoms with van der Waals surface area (Å²) in [4.78, 5) is 11.6. The molecule has 1 heterocycles. The van der Waals surface area contributed by atoms with E-state index >= 15 is 0 Å². The highest BCUT2D eigenvalue weighted by Gasteiger charge is 2.03. The SMILES string of the molecule is C=C(C)COc1cccn(CC#N)c1=O. The van der Waals surface area contributed by atoms with E-state index in [1.165, 1.54) is 4.57 Å². The lowest BCUT2D eigenvalue weighted by molar-refractivity contribution is 0.344. The smallest absolute Gasteiger partial charge is 0.293 e. The number of aromatic nitrogens is 1. The molecular formula is C11H12N2O2. The lowest BCUT2D eigenvalue weighted by atomic mass is 10.4. The van der Waals surface area contributed by atoms with Gasteiger partial charge < -0.3 is 4.74 Å². The van der Waals surface area contributed by atoms with Crippen molar-refractivity contribution in [1.29, 1.82) is 5.26 Å². The Kier molecular flexibility index (Phi) is 3.69. The molecule has 0 spiro atoms. The maximum absolute atomic E-state index is 11.6. The van der Waals surface area contributed by atoms with Crippen molar-refractivity contribution in [2.75, 3.05) is 6.61 Å². The van der Waals surface area contributed by atoms with Crippen LogP contribution in [-0.4, -0.2) is 11.2 Å². The predicted octanol–water partition coefficient (Wildman–Crippen LogP) is 1.33. The molecule has 0 aliphatic rings.